The number of aromatic amines is 1. The number of alkyl halides is 3. The monoisotopic (exact) mass is 461 g/mol. The Morgan fingerprint density at radius 2 is 1.88 bits per heavy atom. The number of imidazole rings is 1. The Bertz CT molecular complexity index is 1090. The predicted octanol–water partition coefficient (Wildman–Crippen LogP) is 3.28. The molecule has 5 rings (SSSR count). The van der Waals surface area contributed by atoms with Crippen LogP contribution in [0.25, 0.3) is 11.2 Å². The lowest BCUT2D eigenvalue weighted by Gasteiger charge is -2.40. The first-order valence-corrected chi connectivity index (χ1v) is 11.2. The second-order valence-electron chi connectivity index (χ2n) is 8.39. The molecular formula is C22H26F3N7O. The van der Waals surface area contributed by atoms with Crippen LogP contribution in [0.3, 0.4) is 0 Å². The summed E-state index contributed by atoms with van der Waals surface area (Å²) in [6.07, 6.45) is -0.782. The first-order chi connectivity index (χ1) is 16.0. The van der Waals surface area contributed by atoms with Gasteiger partial charge < -0.3 is 19.9 Å². The quantitative estimate of drug-likeness (QED) is 0.604. The van der Waals surface area contributed by atoms with Crippen LogP contribution in [-0.2, 0) is 17.5 Å². The average molecular weight is 461 g/mol. The van der Waals surface area contributed by atoms with E-state index in [1.54, 1.807) is 12.4 Å². The molecule has 2 saturated heterocycles. The highest BCUT2D eigenvalue weighted by atomic mass is 19.4. The molecule has 0 unspecified atom stereocenters. The van der Waals surface area contributed by atoms with Crippen molar-refractivity contribution in [1.82, 2.24) is 24.8 Å². The zero-order valence-corrected chi connectivity index (χ0v) is 18.1. The molecule has 0 atom stereocenters. The summed E-state index contributed by atoms with van der Waals surface area (Å²) < 4.78 is 44.6. The third-order valence-electron chi connectivity index (χ3n) is 6.30. The topological polar surface area (TPSA) is 82.2 Å². The molecule has 176 valence electrons. The van der Waals surface area contributed by atoms with Gasteiger partial charge in [0.15, 0.2) is 11.5 Å². The van der Waals surface area contributed by atoms with Gasteiger partial charge >= 0.3 is 6.18 Å². The standard InChI is InChI=1S/C22H26F3N7O/c23-22(24,25)16-3-1-2-15(12-16)13-26-19-18-20(28-14-27-18)30-21(29-19)32-6-4-17(5-7-32)31-8-10-33-11-9-31/h1-3,12,14,17H,4-11,13H2,(H2,26,27,28,29,30). The van der Waals surface area contributed by atoms with Crippen molar-refractivity contribution in [3.05, 3.63) is 41.7 Å². The molecule has 3 aromatic rings. The molecule has 2 aromatic heterocycles. The molecule has 2 aliphatic rings. The Hall–Kier alpha value is -2.92. The lowest BCUT2D eigenvalue weighted by molar-refractivity contribution is -0.137. The van der Waals surface area contributed by atoms with Crippen molar-refractivity contribution >= 4 is 22.9 Å². The van der Waals surface area contributed by atoms with E-state index in [0.29, 0.717) is 34.5 Å². The minimum absolute atomic E-state index is 0.202. The number of halogens is 3. The minimum atomic E-state index is -4.37. The van der Waals surface area contributed by atoms with Gasteiger partial charge in [0, 0.05) is 38.8 Å². The molecule has 0 spiro atoms. The molecule has 2 N–H and O–H groups in total. The van der Waals surface area contributed by atoms with Crippen LogP contribution < -0.4 is 10.2 Å². The maximum Gasteiger partial charge on any atom is 0.416 e. The van der Waals surface area contributed by atoms with Gasteiger partial charge in [0.05, 0.1) is 25.1 Å². The van der Waals surface area contributed by atoms with Crippen molar-refractivity contribution in [3.63, 3.8) is 0 Å². The number of morpholine rings is 1. The molecule has 33 heavy (non-hydrogen) atoms. The van der Waals surface area contributed by atoms with Crippen molar-refractivity contribution < 1.29 is 17.9 Å². The average Bonchev–Trinajstić information content (AvgIpc) is 3.32. The Morgan fingerprint density at radius 3 is 2.64 bits per heavy atom. The van der Waals surface area contributed by atoms with Gasteiger partial charge in [-0.25, -0.2) is 4.98 Å². The van der Waals surface area contributed by atoms with E-state index in [2.05, 4.69) is 30.1 Å². The van der Waals surface area contributed by atoms with E-state index in [-0.39, 0.29) is 6.54 Å². The summed E-state index contributed by atoms with van der Waals surface area (Å²) >= 11 is 0. The van der Waals surface area contributed by atoms with Gasteiger partial charge in [-0.1, -0.05) is 12.1 Å². The number of nitrogens with one attached hydrogen (secondary N) is 2. The zero-order chi connectivity index (χ0) is 22.8. The number of piperidine rings is 1. The van der Waals surface area contributed by atoms with E-state index >= 15 is 0 Å². The first-order valence-electron chi connectivity index (χ1n) is 11.2. The van der Waals surface area contributed by atoms with Crippen LogP contribution in [0.5, 0.6) is 0 Å². The molecule has 0 amide bonds. The second-order valence-corrected chi connectivity index (χ2v) is 8.39. The number of ether oxygens (including phenoxy) is 1. The van der Waals surface area contributed by atoms with Crippen LogP contribution in [0.4, 0.5) is 24.9 Å². The van der Waals surface area contributed by atoms with Gasteiger partial charge in [-0.2, -0.15) is 23.1 Å². The van der Waals surface area contributed by atoms with Crippen molar-refractivity contribution in [2.75, 3.05) is 49.6 Å². The van der Waals surface area contributed by atoms with Crippen LogP contribution in [-0.4, -0.2) is 70.3 Å². The second kappa shape index (κ2) is 9.14. The van der Waals surface area contributed by atoms with E-state index in [4.69, 9.17) is 9.72 Å². The van der Waals surface area contributed by atoms with E-state index in [1.807, 2.05) is 0 Å². The summed E-state index contributed by atoms with van der Waals surface area (Å²) in [5.74, 6) is 1.11. The molecule has 0 saturated carbocycles. The molecule has 8 nitrogen and oxygen atoms in total. The number of fused-ring (bicyclic) bond motifs is 1. The van der Waals surface area contributed by atoms with Gasteiger partial charge in [-0.05, 0) is 30.5 Å². The van der Waals surface area contributed by atoms with Crippen LogP contribution in [0.1, 0.15) is 24.0 Å². The fraction of sp³-hybridized carbons (Fsp3) is 0.500. The van der Waals surface area contributed by atoms with Crippen LogP contribution in [0.2, 0.25) is 0 Å². The number of hydrogen-bond donors (Lipinski definition) is 2. The number of hydrogen-bond acceptors (Lipinski definition) is 7. The largest absolute Gasteiger partial charge is 0.416 e. The predicted molar refractivity (Wildman–Crippen MR) is 118 cm³/mol. The highest BCUT2D eigenvalue weighted by Crippen LogP contribution is 2.30. The summed E-state index contributed by atoms with van der Waals surface area (Å²) in [6, 6.07) is 5.83. The van der Waals surface area contributed by atoms with Gasteiger partial charge in [-0.15, -0.1) is 0 Å². The van der Waals surface area contributed by atoms with Gasteiger partial charge in [-0.3, -0.25) is 4.90 Å². The lowest BCUT2D eigenvalue weighted by atomic mass is 10.0. The Labute approximate surface area is 189 Å². The molecule has 0 bridgehead atoms. The normalized spacial score (nSPS) is 18.7. The molecule has 2 fully saturated rings. The molecule has 4 heterocycles. The van der Waals surface area contributed by atoms with E-state index < -0.39 is 11.7 Å². The molecule has 0 aliphatic carbocycles. The summed E-state index contributed by atoms with van der Waals surface area (Å²) in [7, 11) is 0. The molecular weight excluding hydrogens is 435 g/mol. The van der Waals surface area contributed by atoms with Gasteiger partial charge in [0.25, 0.3) is 0 Å². The van der Waals surface area contributed by atoms with Crippen molar-refractivity contribution in [3.8, 4) is 0 Å². The number of nitrogens with zero attached hydrogens (tertiary/aromatic N) is 5. The van der Waals surface area contributed by atoms with Crippen molar-refractivity contribution in [2.24, 2.45) is 0 Å². The Balaban J connectivity index is 1.30. The molecule has 0 radical (unpaired) electrons. The SMILES string of the molecule is FC(F)(F)c1cccc(CNc2nc(N3CCC(N4CCOCC4)CC3)nc3nc[nH]c23)c1. The van der Waals surface area contributed by atoms with Gasteiger partial charge in [0.2, 0.25) is 5.95 Å². The first kappa shape index (κ1) is 21.9. The Kier molecular flexibility index (Phi) is 6.07. The fourth-order valence-corrected chi connectivity index (χ4v) is 4.51. The minimum Gasteiger partial charge on any atom is -0.379 e. The molecule has 11 heteroatoms. The van der Waals surface area contributed by atoms with Crippen molar-refractivity contribution in [1.29, 1.82) is 0 Å². The van der Waals surface area contributed by atoms with E-state index in [9.17, 15) is 13.2 Å². The summed E-state index contributed by atoms with van der Waals surface area (Å²) in [4.78, 5) is 21.3. The number of aromatic nitrogens is 4. The molecule has 1 aromatic carbocycles. The maximum absolute atomic E-state index is 13.0. The van der Waals surface area contributed by atoms with Crippen LogP contribution in [0, 0.1) is 0 Å². The Morgan fingerprint density at radius 1 is 1.09 bits per heavy atom. The number of anilines is 2. The highest BCUT2D eigenvalue weighted by Gasteiger charge is 2.30. The van der Waals surface area contributed by atoms with Gasteiger partial charge in [0.1, 0.15) is 5.52 Å². The maximum atomic E-state index is 13.0. The van der Waals surface area contributed by atoms with Crippen LogP contribution >= 0.6 is 0 Å². The lowest BCUT2D eigenvalue weighted by Crippen LogP contribution is -2.49. The zero-order valence-electron chi connectivity index (χ0n) is 18.1. The van der Waals surface area contributed by atoms with Crippen LogP contribution in [0.15, 0.2) is 30.6 Å². The van der Waals surface area contributed by atoms with E-state index in [1.165, 1.54) is 6.07 Å². The van der Waals surface area contributed by atoms with Crippen molar-refractivity contribution in [2.45, 2.75) is 31.6 Å². The smallest absolute Gasteiger partial charge is 0.379 e. The number of benzene rings is 1. The highest BCUT2D eigenvalue weighted by molar-refractivity contribution is 5.83. The molecule has 2 aliphatic heterocycles. The summed E-state index contributed by atoms with van der Waals surface area (Å²) in [6.45, 7) is 5.41. The fourth-order valence-electron chi connectivity index (χ4n) is 4.51. The number of rotatable bonds is 5. The number of H-pyrrole nitrogens is 1. The third-order valence-corrected chi connectivity index (χ3v) is 6.30. The summed E-state index contributed by atoms with van der Waals surface area (Å²) in [5, 5.41) is 3.17. The summed E-state index contributed by atoms with van der Waals surface area (Å²) in [5.41, 5.74) is 1.01. The third kappa shape index (κ3) is 4.88. The van der Waals surface area contributed by atoms with E-state index in [0.717, 1.165) is 64.4 Å².